The number of pyridine rings is 1. The number of hydrogen-bond acceptors (Lipinski definition) is 7. The van der Waals surface area contributed by atoms with Gasteiger partial charge in [-0.3, -0.25) is 9.69 Å². The average molecular weight is 505 g/mol. The van der Waals surface area contributed by atoms with Crippen LogP contribution in [-0.2, 0) is 16.8 Å². The van der Waals surface area contributed by atoms with Crippen LogP contribution in [0.2, 0.25) is 0 Å². The molecule has 2 unspecified atom stereocenters. The van der Waals surface area contributed by atoms with Gasteiger partial charge in [-0.05, 0) is 86.7 Å². The molecule has 9 heteroatoms. The van der Waals surface area contributed by atoms with Crippen LogP contribution in [0, 0.1) is 13.8 Å². The predicted molar refractivity (Wildman–Crippen MR) is 141 cm³/mol. The van der Waals surface area contributed by atoms with E-state index in [-0.39, 0.29) is 17.2 Å². The van der Waals surface area contributed by atoms with E-state index in [4.69, 9.17) is 9.15 Å². The molecule has 1 aliphatic heterocycles. The summed E-state index contributed by atoms with van der Waals surface area (Å²) >= 11 is 0. The first-order valence-electron chi connectivity index (χ1n) is 13.1. The van der Waals surface area contributed by atoms with Crippen molar-refractivity contribution >= 4 is 10.9 Å². The molecule has 1 N–H and O–H groups in total. The van der Waals surface area contributed by atoms with Gasteiger partial charge in [0.25, 0.3) is 5.56 Å². The molecular weight excluding hydrogens is 468 g/mol. The highest BCUT2D eigenvalue weighted by Gasteiger charge is 2.36. The average Bonchev–Trinajstić information content (AvgIpc) is 3.66. The van der Waals surface area contributed by atoms with E-state index in [1.807, 2.05) is 35.9 Å². The van der Waals surface area contributed by atoms with Gasteiger partial charge in [-0.1, -0.05) is 19.1 Å². The van der Waals surface area contributed by atoms with E-state index in [1.165, 1.54) is 0 Å². The molecule has 0 saturated carbocycles. The Kier molecular flexibility index (Phi) is 7.00. The highest BCUT2D eigenvalue weighted by molar-refractivity contribution is 5.85. The summed E-state index contributed by atoms with van der Waals surface area (Å²) in [5, 5.41) is 14.0. The van der Waals surface area contributed by atoms with E-state index in [2.05, 4.69) is 59.2 Å². The number of aromatic nitrogens is 5. The number of hydrogen-bond donors (Lipinski definition) is 1. The summed E-state index contributed by atoms with van der Waals surface area (Å²) in [5.74, 6) is 1.44. The molecule has 196 valence electrons. The van der Waals surface area contributed by atoms with Crippen LogP contribution in [0.25, 0.3) is 10.9 Å². The zero-order valence-electron chi connectivity index (χ0n) is 22.3. The Bertz CT molecular complexity index is 1420. The van der Waals surface area contributed by atoms with Crippen LogP contribution in [0.3, 0.4) is 0 Å². The van der Waals surface area contributed by atoms with Gasteiger partial charge in [-0.25, -0.2) is 4.68 Å². The minimum absolute atomic E-state index is 0.0597. The molecule has 0 bridgehead atoms. The molecule has 0 amide bonds. The summed E-state index contributed by atoms with van der Waals surface area (Å²) in [7, 11) is 0. The molecule has 5 rings (SSSR count). The number of benzene rings is 1. The fourth-order valence-electron chi connectivity index (χ4n) is 5.15. The van der Waals surface area contributed by atoms with Crippen molar-refractivity contribution in [3.63, 3.8) is 0 Å². The zero-order valence-corrected chi connectivity index (χ0v) is 22.3. The van der Waals surface area contributed by atoms with Crippen molar-refractivity contribution < 1.29 is 9.15 Å². The molecule has 3 aromatic heterocycles. The smallest absolute Gasteiger partial charge is 0.253 e. The van der Waals surface area contributed by atoms with Crippen molar-refractivity contribution in [2.24, 2.45) is 0 Å². The maximum absolute atomic E-state index is 13.8. The fourth-order valence-corrected chi connectivity index (χ4v) is 5.15. The molecule has 1 aromatic carbocycles. The van der Waals surface area contributed by atoms with E-state index in [9.17, 15) is 4.79 Å². The molecule has 0 radical (unpaired) electrons. The third-order valence-corrected chi connectivity index (χ3v) is 7.71. The minimum atomic E-state index is -0.511. The summed E-state index contributed by atoms with van der Waals surface area (Å²) in [6.07, 6.45) is 4.56. The van der Waals surface area contributed by atoms with Crippen molar-refractivity contribution in [2.45, 2.75) is 78.1 Å². The highest BCUT2D eigenvalue weighted by atomic mass is 16.5. The van der Waals surface area contributed by atoms with E-state index < -0.39 is 6.04 Å². The van der Waals surface area contributed by atoms with Crippen LogP contribution in [0.1, 0.15) is 74.4 Å². The molecule has 4 aromatic rings. The predicted octanol–water partition coefficient (Wildman–Crippen LogP) is 4.64. The van der Waals surface area contributed by atoms with Gasteiger partial charge < -0.3 is 14.1 Å². The molecular formula is C28H36N6O3. The SMILES string of the molecule is CCC(C)(C)n1nnnc1C(c1cc2c(C)ccc(C)c2[nH]c1=O)N(Cc1ccco1)CC1CCCO1. The second-order valence-electron chi connectivity index (χ2n) is 10.7. The van der Waals surface area contributed by atoms with Gasteiger partial charge in [0.2, 0.25) is 0 Å². The number of tetrazole rings is 1. The molecule has 1 fully saturated rings. The number of ether oxygens (including phenoxy) is 1. The van der Waals surface area contributed by atoms with E-state index >= 15 is 0 Å². The van der Waals surface area contributed by atoms with Gasteiger partial charge in [0, 0.05) is 24.1 Å². The Hall–Kier alpha value is -3.30. The molecule has 1 aliphatic rings. The number of H-pyrrole nitrogens is 1. The monoisotopic (exact) mass is 504 g/mol. The van der Waals surface area contributed by atoms with Crippen LogP contribution >= 0.6 is 0 Å². The molecule has 0 aliphatic carbocycles. The summed E-state index contributed by atoms with van der Waals surface area (Å²) in [6.45, 7) is 12.3. The number of nitrogens with one attached hydrogen (secondary N) is 1. The molecule has 1 saturated heterocycles. The second kappa shape index (κ2) is 10.2. The van der Waals surface area contributed by atoms with Gasteiger partial charge in [-0.2, -0.15) is 0 Å². The van der Waals surface area contributed by atoms with Gasteiger partial charge in [0.05, 0.1) is 30.0 Å². The Morgan fingerprint density at radius 1 is 1.24 bits per heavy atom. The molecule has 2 atom stereocenters. The first kappa shape index (κ1) is 25.4. The number of furan rings is 1. The lowest BCUT2D eigenvalue weighted by Crippen LogP contribution is -2.41. The number of aromatic amines is 1. The molecule has 0 spiro atoms. The summed E-state index contributed by atoms with van der Waals surface area (Å²) in [6, 6.07) is 9.47. The molecule has 9 nitrogen and oxygen atoms in total. The van der Waals surface area contributed by atoms with E-state index in [0.29, 0.717) is 24.5 Å². The summed E-state index contributed by atoms with van der Waals surface area (Å²) < 4.78 is 13.7. The van der Waals surface area contributed by atoms with E-state index in [0.717, 1.165) is 53.7 Å². The van der Waals surface area contributed by atoms with Crippen molar-refractivity contribution in [3.05, 3.63) is 75.2 Å². The topological polar surface area (TPSA) is 102 Å². The Labute approximate surface area is 216 Å². The van der Waals surface area contributed by atoms with Gasteiger partial charge in [-0.15, -0.1) is 5.10 Å². The zero-order chi connectivity index (χ0) is 26.2. The van der Waals surface area contributed by atoms with Crippen LogP contribution in [0.5, 0.6) is 0 Å². The number of nitrogens with zero attached hydrogens (tertiary/aromatic N) is 5. The van der Waals surface area contributed by atoms with Crippen LogP contribution < -0.4 is 5.56 Å². The quantitative estimate of drug-likeness (QED) is 0.354. The van der Waals surface area contributed by atoms with Gasteiger partial charge >= 0.3 is 0 Å². The summed E-state index contributed by atoms with van der Waals surface area (Å²) in [5.41, 5.74) is 3.11. The van der Waals surface area contributed by atoms with Gasteiger partial charge in [0.15, 0.2) is 5.82 Å². The third-order valence-electron chi connectivity index (χ3n) is 7.71. The van der Waals surface area contributed by atoms with Crippen molar-refractivity contribution in [2.75, 3.05) is 13.2 Å². The standard InChI is InChI=1S/C28H36N6O3/c1-6-28(4,5)34-26(30-31-32-34)25(23-15-22-18(2)11-12-19(3)24(22)29-27(23)35)33(16-20-9-7-13-36-20)17-21-10-8-14-37-21/h7,9,11-13,15,21,25H,6,8,10,14,16-17H2,1-5H3,(H,29,35). The largest absolute Gasteiger partial charge is 0.468 e. The van der Waals surface area contributed by atoms with Crippen molar-refractivity contribution in [1.29, 1.82) is 0 Å². The molecule has 4 heterocycles. The Morgan fingerprint density at radius 2 is 2.05 bits per heavy atom. The number of aryl methyl sites for hydroxylation is 2. The van der Waals surface area contributed by atoms with Crippen molar-refractivity contribution in [1.82, 2.24) is 30.1 Å². The Morgan fingerprint density at radius 3 is 2.76 bits per heavy atom. The van der Waals surface area contributed by atoms with Crippen molar-refractivity contribution in [3.8, 4) is 0 Å². The lowest BCUT2D eigenvalue weighted by atomic mass is 9.97. The van der Waals surface area contributed by atoms with Crippen LogP contribution in [-0.4, -0.2) is 49.3 Å². The lowest BCUT2D eigenvalue weighted by Gasteiger charge is -2.34. The second-order valence-corrected chi connectivity index (χ2v) is 10.7. The highest BCUT2D eigenvalue weighted by Crippen LogP contribution is 2.33. The molecule has 37 heavy (non-hydrogen) atoms. The number of rotatable bonds is 9. The number of fused-ring (bicyclic) bond motifs is 1. The van der Waals surface area contributed by atoms with Gasteiger partial charge in [0.1, 0.15) is 11.8 Å². The fraction of sp³-hybridized carbons (Fsp3) is 0.500. The lowest BCUT2D eigenvalue weighted by molar-refractivity contribution is 0.0534. The summed E-state index contributed by atoms with van der Waals surface area (Å²) in [4.78, 5) is 19.2. The first-order chi connectivity index (χ1) is 17.8. The van der Waals surface area contributed by atoms with E-state index in [1.54, 1.807) is 6.26 Å². The normalized spacial score (nSPS) is 17.2. The minimum Gasteiger partial charge on any atom is -0.468 e. The van der Waals surface area contributed by atoms with Crippen LogP contribution in [0.15, 0.2) is 45.8 Å². The van der Waals surface area contributed by atoms with Crippen LogP contribution in [0.4, 0.5) is 0 Å². The maximum atomic E-state index is 13.8. The maximum Gasteiger partial charge on any atom is 0.253 e. The Balaban J connectivity index is 1.73. The first-order valence-corrected chi connectivity index (χ1v) is 13.1. The third kappa shape index (κ3) is 4.98.